The molecule has 7 heteroatoms. The summed E-state index contributed by atoms with van der Waals surface area (Å²) in [5.74, 6) is -1.89. The number of nitrogens with zero attached hydrogens (tertiary/aromatic N) is 1. The number of hydrogen-bond acceptors (Lipinski definition) is 3. The Balaban J connectivity index is 2.16. The van der Waals surface area contributed by atoms with Crippen LogP contribution in [0.1, 0.15) is 29.6 Å². The Hall–Kier alpha value is -1.47. The summed E-state index contributed by atoms with van der Waals surface area (Å²) in [4.78, 5) is 24.8. The molecule has 0 saturated carbocycles. The van der Waals surface area contributed by atoms with E-state index < -0.39 is 17.7 Å². The van der Waals surface area contributed by atoms with Gasteiger partial charge >= 0.3 is 5.97 Å². The van der Waals surface area contributed by atoms with E-state index in [2.05, 4.69) is 15.9 Å². The molecule has 1 atom stereocenters. The van der Waals surface area contributed by atoms with Crippen LogP contribution in [-0.2, 0) is 9.53 Å². The molecule has 0 spiro atoms. The zero-order chi connectivity index (χ0) is 16.1. The highest BCUT2D eigenvalue weighted by molar-refractivity contribution is 9.10. The van der Waals surface area contributed by atoms with Crippen LogP contribution in [0, 0.1) is 5.82 Å². The van der Waals surface area contributed by atoms with E-state index in [1.54, 1.807) is 0 Å². The van der Waals surface area contributed by atoms with Crippen LogP contribution < -0.4 is 0 Å². The van der Waals surface area contributed by atoms with Crippen molar-refractivity contribution in [3.63, 3.8) is 0 Å². The number of carboxylic acid groups (broad SMARTS) is 1. The molecule has 2 rings (SSSR count). The number of ether oxygens (including phenoxy) is 1. The average Bonchev–Trinajstić information content (AvgIpc) is 2.98. The highest BCUT2D eigenvalue weighted by Crippen LogP contribution is 2.21. The summed E-state index contributed by atoms with van der Waals surface area (Å²) < 4.78 is 19.4. The number of hydrogen-bond donors (Lipinski definition) is 1. The van der Waals surface area contributed by atoms with Crippen molar-refractivity contribution in [1.29, 1.82) is 0 Å². The van der Waals surface area contributed by atoms with Crippen LogP contribution in [0.2, 0.25) is 0 Å². The largest absolute Gasteiger partial charge is 0.481 e. The Morgan fingerprint density at radius 3 is 2.86 bits per heavy atom. The van der Waals surface area contributed by atoms with Gasteiger partial charge in [0.15, 0.2) is 0 Å². The summed E-state index contributed by atoms with van der Waals surface area (Å²) in [6.07, 6.45) is 1.51. The van der Waals surface area contributed by atoms with Gasteiger partial charge in [0.1, 0.15) is 5.82 Å². The van der Waals surface area contributed by atoms with Gasteiger partial charge < -0.3 is 14.7 Å². The predicted octanol–water partition coefficient (Wildman–Crippen LogP) is 2.68. The lowest BCUT2D eigenvalue weighted by Gasteiger charge is -2.25. The molecule has 0 aromatic heterocycles. The molecular weight excluding hydrogens is 357 g/mol. The molecule has 22 heavy (non-hydrogen) atoms. The number of halogens is 2. The number of amides is 1. The van der Waals surface area contributed by atoms with Gasteiger partial charge in [-0.1, -0.05) is 0 Å². The van der Waals surface area contributed by atoms with E-state index in [-0.39, 0.29) is 24.6 Å². The molecule has 1 aliphatic rings. The van der Waals surface area contributed by atoms with Gasteiger partial charge in [-0.15, -0.1) is 0 Å². The van der Waals surface area contributed by atoms with Gasteiger partial charge in [0.2, 0.25) is 0 Å². The van der Waals surface area contributed by atoms with Crippen molar-refractivity contribution < 1.29 is 23.8 Å². The van der Waals surface area contributed by atoms with Crippen molar-refractivity contribution in [2.75, 3.05) is 19.7 Å². The minimum absolute atomic E-state index is 0.0664. The highest BCUT2D eigenvalue weighted by Gasteiger charge is 2.25. The highest BCUT2D eigenvalue weighted by atomic mass is 79.9. The van der Waals surface area contributed by atoms with Crippen molar-refractivity contribution in [2.24, 2.45) is 0 Å². The van der Waals surface area contributed by atoms with E-state index in [0.717, 1.165) is 18.9 Å². The van der Waals surface area contributed by atoms with Gasteiger partial charge in [0, 0.05) is 24.2 Å². The minimum Gasteiger partial charge on any atom is -0.481 e. The third-order valence-electron chi connectivity index (χ3n) is 3.49. The topological polar surface area (TPSA) is 66.8 Å². The van der Waals surface area contributed by atoms with Gasteiger partial charge in [-0.2, -0.15) is 0 Å². The van der Waals surface area contributed by atoms with Crippen LogP contribution in [0.4, 0.5) is 4.39 Å². The fraction of sp³-hybridized carbons (Fsp3) is 0.467. The molecule has 1 aliphatic heterocycles. The van der Waals surface area contributed by atoms with Gasteiger partial charge in [0.05, 0.1) is 18.1 Å². The SMILES string of the molecule is O=C(O)CCN(C[C@H]1CCCO1)C(=O)c1cc(F)ccc1Br. The van der Waals surface area contributed by atoms with Crippen molar-refractivity contribution in [2.45, 2.75) is 25.4 Å². The molecule has 1 aromatic rings. The second-order valence-corrected chi connectivity index (χ2v) is 6.01. The van der Waals surface area contributed by atoms with Gasteiger partial charge in [-0.25, -0.2) is 4.39 Å². The normalized spacial score (nSPS) is 17.5. The Labute approximate surface area is 136 Å². The Bertz CT molecular complexity index is 560. The smallest absolute Gasteiger partial charge is 0.305 e. The first-order valence-electron chi connectivity index (χ1n) is 7.05. The lowest BCUT2D eigenvalue weighted by atomic mass is 10.1. The summed E-state index contributed by atoms with van der Waals surface area (Å²) in [5, 5.41) is 8.84. The second-order valence-electron chi connectivity index (χ2n) is 5.15. The minimum atomic E-state index is -0.983. The van der Waals surface area contributed by atoms with E-state index in [0.29, 0.717) is 17.6 Å². The fourth-order valence-corrected chi connectivity index (χ4v) is 2.79. The van der Waals surface area contributed by atoms with Gasteiger partial charge in [-0.05, 0) is 47.0 Å². The number of carbonyl (C=O) groups excluding carboxylic acids is 1. The van der Waals surface area contributed by atoms with Crippen molar-refractivity contribution in [1.82, 2.24) is 4.90 Å². The van der Waals surface area contributed by atoms with Crippen LogP contribution in [0.5, 0.6) is 0 Å². The molecule has 1 N–H and O–H groups in total. The van der Waals surface area contributed by atoms with Crippen molar-refractivity contribution >= 4 is 27.8 Å². The first kappa shape index (κ1) is 16.9. The maximum atomic E-state index is 13.4. The van der Waals surface area contributed by atoms with E-state index in [1.165, 1.54) is 17.0 Å². The standard InChI is InChI=1S/C15H17BrFNO4/c16-13-4-3-10(17)8-12(13)15(21)18(6-5-14(19)20)9-11-2-1-7-22-11/h3-4,8,11H,1-2,5-7,9H2,(H,19,20)/t11-/m1/s1. The molecule has 0 unspecified atom stereocenters. The molecule has 1 amide bonds. The quantitative estimate of drug-likeness (QED) is 0.832. The van der Waals surface area contributed by atoms with Gasteiger partial charge in [-0.3, -0.25) is 9.59 Å². The molecular formula is C15H17BrFNO4. The van der Waals surface area contributed by atoms with E-state index in [9.17, 15) is 14.0 Å². The summed E-state index contributed by atoms with van der Waals surface area (Å²) in [7, 11) is 0. The summed E-state index contributed by atoms with van der Waals surface area (Å²) in [5.41, 5.74) is 0.184. The number of rotatable bonds is 6. The summed E-state index contributed by atoms with van der Waals surface area (Å²) in [6.45, 7) is 1.03. The molecule has 0 bridgehead atoms. The van der Waals surface area contributed by atoms with Crippen LogP contribution in [0.3, 0.4) is 0 Å². The average molecular weight is 374 g/mol. The number of carboxylic acids is 1. The number of benzene rings is 1. The fourth-order valence-electron chi connectivity index (χ4n) is 2.37. The predicted molar refractivity (Wildman–Crippen MR) is 81.2 cm³/mol. The summed E-state index contributed by atoms with van der Waals surface area (Å²) in [6, 6.07) is 3.86. The molecule has 1 fully saturated rings. The zero-order valence-electron chi connectivity index (χ0n) is 11.9. The van der Waals surface area contributed by atoms with E-state index in [4.69, 9.17) is 9.84 Å². The van der Waals surface area contributed by atoms with E-state index in [1.807, 2.05) is 0 Å². The monoisotopic (exact) mass is 373 g/mol. The Morgan fingerprint density at radius 2 is 2.23 bits per heavy atom. The van der Waals surface area contributed by atoms with Crippen LogP contribution >= 0.6 is 15.9 Å². The lowest BCUT2D eigenvalue weighted by molar-refractivity contribution is -0.137. The molecule has 1 aromatic carbocycles. The molecule has 0 aliphatic carbocycles. The zero-order valence-corrected chi connectivity index (χ0v) is 13.5. The number of carbonyl (C=O) groups is 2. The van der Waals surface area contributed by atoms with Crippen LogP contribution in [0.15, 0.2) is 22.7 Å². The second kappa shape index (κ2) is 7.69. The molecule has 120 valence electrons. The summed E-state index contributed by atoms with van der Waals surface area (Å²) >= 11 is 3.23. The molecule has 5 nitrogen and oxygen atoms in total. The van der Waals surface area contributed by atoms with Crippen molar-refractivity contribution in [3.05, 3.63) is 34.1 Å². The maximum absolute atomic E-state index is 13.4. The van der Waals surface area contributed by atoms with Crippen LogP contribution in [-0.4, -0.2) is 47.7 Å². The van der Waals surface area contributed by atoms with E-state index >= 15 is 0 Å². The molecule has 1 heterocycles. The molecule has 0 radical (unpaired) electrons. The van der Waals surface area contributed by atoms with Gasteiger partial charge in [0.25, 0.3) is 5.91 Å². The molecule has 1 saturated heterocycles. The maximum Gasteiger partial charge on any atom is 0.305 e. The first-order valence-corrected chi connectivity index (χ1v) is 7.84. The number of aliphatic carboxylic acids is 1. The third-order valence-corrected chi connectivity index (χ3v) is 4.18. The van der Waals surface area contributed by atoms with Crippen LogP contribution in [0.25, 0.3) is 0 Å². The first-order chi connectivity index (χ1) is 10.5. The lowest BCUT2D eigenvalue weighted by Crippen LogP contribution is -2.39. The Morgan fingerprint density at radius 1 is 1.45 bits per heavy atom. The third kappa shape index (κ3) is 4.51. The Kier molecular flexibility index (Phi) is 5.90. The van der Waals surface area contributed by atoms with Crippen molar-refractivity contribution in [3.8, 4) is 0 Å².